The Labute approximate surface area is 123 Å². The Kier molecular flexibility index (Phi) is 3.51. The zero-order valence-corrected chi connectivity index (χ0v) is 11.4. The van der Waals surface area contributed by atoms with Crippen molar-refractivity contribution in [2.45, 2.75) is 43.2 Å². The molecule has 22 heavy (non-hydrogen) atoms. The number of aliphatic hydroxyl groups excluding tert-OH is 2. The van der Waals surface area contributed by atoms with E-state index in [1.54, 1.807) is 6.92 Å². The highest BCUT2D eigenvalue weighted by Gasteiger charge is 2.56. The lowest BCUT2D eigenvalue weighted by Gasteiger charge is -2.41. The van der Waals surface area contributed by atoms with Gasteiger partial charge >= 0.3 is 6.18 Å². The van der Waals surface area contributed by atoms with Crippen molar-refractivity contribution in [3.8, 4) is 0 Å². The van der Waals surface area contributed by atoms with Gasteiger partial charge in [0, 0.05) is 0 Å². The smallest absolute Gasteiger partial charge is 0.388 e. The van der Waals surface area contributed by atoms with Crippen molar-refractivity contribution in [1.82, 2.24) is 9.97 Å². The van der Waals surface area contributed by atoms with Crippen LogP contribution in [0.5, 0.6) is 0 Å². The predicted octanol–water partition coefficient (Wildman–Crippen LogP) is 0.143. The lowest BCUT2D eigenvalue weighted by Crippen LogP contribution is -2.61. The summed E-state index contributed by atoms with van der Waals surface area (Å²) in [6, 6.07) is -0.969. The van der Waals surface area contributed by atoms with E-state index in [0.717, 1.165) is 6.20 Å². The number of hydrogen-bond donors (Lipinski definition) is 3. The second-order valence-corrected chi connectivity index (χ2v) is 5.50. The van der Waals surface area contributed by atoms with E-state index in [4.69, 9.17) is 9.47 Å². The number of anilines is 1. The van der Waals surface area contributed by atoms with Crippen LogP contribution in [-0.2, 0) is 15.7 Å². The van der Waals surface area contributed by atoms with Crippen molar-refractivity contribution in [3.05, 3.63) is 18.1 Å². The summed E-state index contributed by atoms with van der Waals surface area (Å²) < 4.78 is 48.7. The van der Waals surface area contributed by atoms with Gasteiger partial charge < -0.3 is 25.0 Å². The lowest BCUT2D eigenvalue weighted by molar-refractivity contribution is -0.208. The number of nitrogens with one attached hydrogen (secondary N) is 1. The molecule has 3 rings (SSSR count). The standard InChI is InChI=1S/C12H14F3N3O4/c1-11-4-21-10(22-11)7(8(19)9(11)20)18-6-3-16-2-5(17-6)12(13,14)15/h2-3,7-10,19-20H,4H2,1H3,(H,17,18)/t7-,8-,9-,10+,11+/m1/s1. The van der Waals surface area contributed by atoms with Gasteiger partial charge in [-0.3, -0.25) is 4.98 Å². The highest BCUT2D eigenvalue weighted by Crippen LogP contribution is 2.37. The lowest BCUT2D eigenvalue weighted by atomic mass is 9.89. The second-order valence-electron chi connectivity index (χ2n) is 5.50. The maximum absolute atomic E-state index is 12.6. The first-order chi connectivity index (χ1) is 10.2. The molecule has 10 heteroatoms. The minimum absolute atomic E-state index is 0.0718. The van der Waals surface area contributed by atoms with Gasteiger partial charge in [0.05, 0.1) is 19.0 Å². The van der Waals surface area contributed by atoms with E-state index in [1.165, 1.54) is 0 Å². The van der Waals surface area contributed by atoms with E-state index >= 15 is 0 Å². The molecule has 2 aliphatic rings. The van der Waals surface area contributed by atoms with E-state index in [0.29, 0.717) is 6.20 Å². The number of aliphatic hydroxyl groups is 2. The minimum Gasteiger partial charge on any atom is -0.388 e. The molecular formula is C12H14F3N3O4. The van der Waals surface area contributed by atoms with E-state index in [2.05, 4.69) is 15.3 Å². The Bertz CT molecular complexity index is 573. The number of rotatable bonds is 2. The van der Waals surface area contributed by atoms with E-state index in [9.17, 15) is 23.4 Å². The summed E-state index contributed by atoms with van der Waals surface area (Å²) in [7, 11) is 0. The van der Waals surface area contributed by atoms with Crippen molar-refractivity contribution in [2.75, 3.05) is 11.9 Å². The maximum atomic E-state index is 12.6. The molecule has 122 valence electrons. The van der Waals surface area contributed by atoms with E-state index in [-0.39, 0.29) is 12.4 Å². The zero-order chi connectivity index (χ0) is 16.1. The molecule has 2 bridgehead atoms. The van der Waals surface area contributed by atoms with Crippen molar-refractivity contribution in [2.24, 2.45) is 0 Å². The van der Waals surface area contributed by atoms with Crippen molar-refractivity contribution in [3.63, 3.8) is 0 Å². The molecule has 0 amide bonds. The van der Waals surface area contributed by atoms with Crippen LogP contribution in [0.4, 0.5) is 19.0 Å². The monoisotopic (exact) mass is 321 g/mol. The van der Waals surface area contributed by atoms with Crippen molar-refractivity contribution >= 4 is 5.82 Å². The number of alkyl halides is 3. The van der Waals surface area contributed by atoms with Gasteiger partial charge in [-0.15, -0.1) is 0 Å². The van der Waals surface area contributed by atoms with Gasteiger partial charge in [-0.25, -0.2) is 4.98 Å². The van der Waals surface area contributed by atoms with Crippen LogP contribution in [0.25, 0.3) is 0 Å². The molecule has 7 nitrogen and oxygen atoms in total. The van der Waals surface area contributed by atoms with Crippen LogP contribution in [0.2, 0.25) is 0 Å². The largest absolute Gasteiger partial charge is 0.434 e. The third-order valence-corrected chi connectivity index (χ3v) is 3.77. The number of aromatic nitrogens is 2. The van der Waals surface area contributed by atoms with Crippen LogP contribution >= 0.6 is 0 Å². The summed E-state index contributed by atoms with van der Waals surface area (Å²) in [5.41, 5.74) is -2.21. The first-order valence-corrected chi connectivity index (χ1v) is 6.52. The van der Waals surface area contributed by atoms with E-state index < -0.39 is 42.0 Å². The SMILES string of the molecule is C[C@@]12CO[C@@H](O1)[C@H](Nc1cncc(C(F)(F)F)n1)[C@@H](O)[C@H]2O. The van der Waals surface area contributed by atoms with Gasteiger partial charge in [-0.1, -0.05) is 0 Å². The topological polar surface area (TPSA) is 96.7 Å². The molecule has 0 aromatic carbocycles. The fraction of sp³-hybridized carbons (Fsp3) is 0.667. The average molecular weight is 321 g/mol. The number of ether oxygens (including phenoxy) is 2. The Balaban J connectivity index is 1.81. The molecule has 2 saturated heterocycles. The predicted molar refractivity (Wildman–Crippen MR) is 65.7 cm³/mol. The number of hydrogen-bond acceptors (Lipinski definition) is 7. The first-order valence-electron chi connectivity index (χ1n) is 6.52. The van der Waals surface area contributed by atoms with Crippen LogP contribution < -0.4 is 5.32 Å². The van der Waals surface area contributed by atoms with Gasteiger partial charge in [0.1, 0.15) is 29.7 Å². The summed E-state index contributed by atoms with van der Waals surface area (Å²) in [5, 5.41) is 22.8. The van der Waals surface area contributed by atoms with Crippen LogP contribution in [0, 0.1) is 0 Å². The third-order valence-electron chi connectivity index (χ3n) is 3.77. The van der Waals surface area contributed by atoms with Crippen LogP contribution in [-0.4, -0.2) is 56.9 Å². The fourth-order valence-electron chi connectivity index (χ4n) is 2.53. The summed E-state index contributed by atoms with van der Waals surface area (Å²) in [6.07, 6.45) is -6.40. The fourth-order valence-corrected chi connectivity index (χ4v) is 2.53. The summed E-state index contributed by atoms with van der Waals surface area (Å²) in [4.78, 5) is 6.86. The highest BCUT2D eigenvalue weighted by atomic mass is 19.4. The molecule has 1 aromatic rings. The highest BCUT2D eigenvalue weighted by molar-refractivity contribution is 5.35. The van der Waals surface area contributed by atoms with Gasteiger partial charge in [0.15, 0.2) is 12.0 Å². The van der Waals surface area contributed by atoms with Crippen LogP contribution in [0.3, 0.4) is 0 Å². The van der Waals surface area contributed by atoms with Crippen molar-refractivity contribution < 1.29 is 32.9 Å². The Morgan fingerprint density at radius 2 is 2.09 bits per heavy atom. The molecule has 2 aliphatic heterocycles. The molecular weight excluding hydrogens is 307 g/mol. The number of fused-ring (bicyclic) bond motifs is 2. The molecule has 5 atom stereocenters. The van der Waals surface area contributed by atoms with Gasteiger partial charge in [-0.05, 0) is 6.92 Å². The van der Waals surface area contributed by atoms with Gasteiger partial charge in [0.25, 0.3) is 0 Å². The molecule has 0 radical (unpaired) electrons. The molecule has 3 heterocycles. The maximum Gasteiger partial charge on any atom is 0.434 e. The molecule has 2 fully saturated rings. The number of nitrogens with zero attached hydrogens (tertiary/aromatic N) is 2. The van der Waals surface area contributed by atoms with Gasteiger partial charge in [-0.2, -0.15) is 13.2 Å². The summed E-state index contributed by atoms with van der Waals surface area (Å²) in [6.45, 7) is 1.66. The molecule has 0 saturated carbocycles. The van der Waals surface area contributed by atoms with Crippen LogP contribution in [0.15, 0.2) is 12.4 Å². The zero-order valence-electron chi connectivity index (χ0n) is 11.4. The molecule has 0 unspecified atom stereocenters. The average Bonchev–Trinajstić information content (AvgIpc) is 2.82. The third kappa shape index (κ3) is 2.51. The minimum atomic E-state index is -4.63. The second kappa shape index (κ2) is 5.01. The van der Waals surface area contributed by atoms with Crippen molar-refractivity contribution in [1.29, 1.82) is 0 Å². The molecule has 0 aliphatic carbocycles. The first kappa shape index (κ1) is 15.4. The summed E-state index contributed by atoms with van der Waals surface area (Å²) >= 11 is 0. The quantitative estimate of drug-likeness (QED) is 0.713. The van der Waals surface area contributed by atoms with E-state index in [1.807, 2.05) is 0 Å². The van der Waals surface area contributed by atoms with Gasteiger partial charge in [0.2, 0.25) is 0 Å². The summed E-state index contributed by atoms with van der Waals surface area (Å²) in [5.74, 6) is -0.200. The normalized spacial score (nSPS) is 38.1. The number of halogens is 3. The molecule has 1 aromatic heterocycles. The molecule has 3 N–H and O–H groups in total. The van der Waals surface area contributed by atoms with Crippen LogP contribution in [0.1, 0.15) is 12.6 Å². The Morgan fingerprint density at radius 1 is 1.36 bits per heavy atom. The Morgan fingerprint density at radius 3 is 2.77 bits per heavy atom. The molecule has 0 spiro atoms. The Hall–Kier alpha value is -1.49.